The fraction of sp³-hybridized carbons (Fsp3) is 0.348. The van der Waals surface area contributed by atoms with E-state index < -0.39 is 0 Å². The zero-order chi connectivity index (χ0) is 20.9. The molecule has 1 amide bonds. The number of piperidine rings is 1. The van der Waals surface area contributed by atoms with Crippen LogP contribution in [0.1, 0.15) is 26.2 Å². The van der Waals surface area contributed by atoms with Crippen molar-refractivity contribution in [3.8, 4) is 11.4 Å². The Balaban J connectivity index is 1.37. The van der Waals surface area contributed by atoms with Crippen LogP contribution in [-0.2, 0) is 11.8 Å². The molecule has 0 spiro atoms. The minimum atomic E-state index is -0.293. The van der Waals surface area contributed by atoms with Crippen LogP contribution in [0.4, 0.5) is 11.4 Å². The van der Waals surface area contributed by atoms with Gasteiger partial charge in [0, 0.05) is 37.1 Å². The summed E-state index contributed by atoms with van der Waals surface area (Å²) in [5.41, 5.74) is 3.05. The number of aromatic nitrogens is 3. The van der Waals surface area contributed by atoms with E-state index in [2.05, 4.69) is 32.5 Å². The summed E-state index contributed by atoms with van der Waals surface area (Å²) in [6.07, 6.45) is 3.82. The number of hydrogen-bond acceptors (Lipinski definition) is 5. The van der Waals surface area contributed by atoms with Gasteiger partial charge in [-0.05, 0) is 50.5 Å². The molecule has 1 aliphatic heterocycles. The Bertz CT molecular complexity index is 981. The van der Waals surface area contributed by atoms with Crippen LogP contribution in [0.15, 0.2) is 59.8 Å². The number of thioether (sulfide) groups is 1. The number of rotatable bonds is 6. The van der Waals surface area contributed by atoms with Gasteiger partial charge in [0.2, 0.25) is 5.91 Å². The van der Waals surface area contributed by atoms with E-state index in [0.717, 1.165) is 35.3 Å². The van der Waals surface area contributed by atoms with E-state index in [0.29, 0.717) is 0 Å². The zero-order valence-electron chi connectivity index (χ0n) is 17.4. The normalized spacial score (nSPS) is 15.1. The van der Waals surface area contributed by atoms with Crippen LogP contribution in [0, 0.1) is 0 Å². The van der Waals surface area contributed by atoms with Crippen molar-refractivity contribution in [1.82, 2.24) is 14.8 Å². The second-order valence-corrected chi connectivity index (χ2v) is 8.88. The Morgan fingerprint density at radius 3 is 2.40 bits per heavy atom. The minimum absolute atomic E-state index is 0.0463. The molecule has 7 heteroatoms. The van der Waals surface area contributed by atoms with Crippen molar-refractivity contribution < 1.29 is 4.79 Å². The fourth-order valence-corrected chi connectivity index (χ4v) is 4.43. The molecule has 0 bridgehead atoms. The predicted molar refractivity (Wildman–Crippen MR) is 123 cm³/mol. The molecule has 1 N–H and O–H groups in total. The molecule has 0 aliphatic carbocycles. The molecule has 1 atom stereocenters. The van der Waals surface area contributed by atoms with E-state index in [-0.39, 0.29) is 11.2 Å². The molecule has 6 nitrogen and oxygen atoms in total. The van der Waals surface area contributed by atoms with Crippen LogP contribution in [0.25, 0.3) is 11.4 Å². The van der Waals surface area contributed by atoms with Gasteiger partial charge in [0.15, 0.2) is 11.0 Å². The highest BCUT2D eigenvalue weighted by atomic mass is 32.2. The summed E-state index contributed by atoms with van der Waals surface area (Å²) in [6, 6.07) is 18.1. The molecular formula is C23H27N5OS. The lowest BCUT2D eigenvalue weighted by atomic mass is 10.1. The highest BCUT2D eigenvalue weighted by Crippen LogP contribution is 2.27. The largest absolute Gasteiger partial charge is 0.372 e. The third kappa shape index (κ3) is 4.67. The lowest BCUT2D eigenvalue weighted by Crippen LogP contribution is -2.29. The van der Waals surface area contributed by atoms with E-state index in [9.17, 15) is 4.79 Å². The Morgan fingerprint density at radius 2 is 1.70 bits per heavy atom. The van der Waals surface area contributed by atoms with Gasteiger partial charge in [0.25, 0.3) is 0 Å². The zero-order valence-corrected chi connectivity index (χ0v) is 18.2. The summed E-state index contributed by atoms with van der Waals surface area (Å²) in [5, 5.41) is 12.0. The Labute approximate surface area is 181 Å². The molecule has 2 heterocycles. The molecule has 156 valence electrons. The van der Waals surface area contributed by atoms with Gasteiger partial charge >= 0.3 is 0 Å². The van der Waals surface area contributed by atoms with Gasteiger partial charge in [-0.3, -0.25) is 4.79 Å². The first-order valence-corrected chi connectivity index (χ1v) is 11.3. The van der Waals surface area contributed by atoms with Gasteiger partial charge < -0.3 is 14.8 Å². The summed E-state index contributed by atoms with van der Waals surface area (Å²) in [4.78, 5) is 15.1. The third-order valence-electron chi connectivity index (χ3n) is 5.37. The van der Waals surface area contributed by atoms with Crippen LogP contribution in [0.5, 0.6) is 0 Å². The maximum atomic E-state index is 12.7. The lowest BCUT2D eigenvalue weighted by Gasteiger charge is -2.28. The lowest BCUT2D eigenvalue weighted by molar-refractivity contribution is -0.115. The highest BCUT2D eigenvalue weighted by Gasteiger charge is 2.20. The fourth-order valence-electron chi connectivity index (χ4n) is 3.62. The van der Waals surface area contributed by atoms with Crippen LogP contribution < -0.4 is 10.2 Å². The quantitative estimate of drug-likeness (QED) is 0.590. The SMILES string of the molecule is CC(Sc1nnc(-c2ccccc2)n1C)C(=O)Nc1ccc(N2CCCCC2)cc1. The molecule has 1 aromatic heterocycles. The number of nitrogens with zero attached hydrogens (tertiary/aromatic N) is 4. The average Bonchev–Trinajstić information content (AvgIpc) is 3.15. The van der Waals surface area contributed by atoms with Gasteiger partial charge in [0.05, 0.1) is 5.25 Å². The van der Waals surface area contributed by atoms with Crippen LogP contribution in [-0.4, -0.2) is 39.0 Å². The number of benzene rings is 2. The van der Waals surface area contributed by atoms with Crippen LogP contribution in [0.3, 0.4) is 0 Å². The summed E-state index contributed by atoms with van der Waals surface area (Å²) in [7, 11) is 1.93. The van der Waals surface area contributed by atoms with Crippen molar-refractivity contribution in [1.29, 1.82) is 0 Å². The molecule has 4 rings (SSSR count). The van der Waals surface area contributed by atoms with Crippen molar-refractivity contribution >= 4 is 29.0 Å². The molecule has 0 radical (unpaired) electrons. The summed E-state index contributed by atoms with van der Waals surface area (Å²) in [6.45, 7) is 4.11. The number of anilines is 2. The topological polar surface area (TPSA) is 63.1 Å². The molecule has 1 fully saturated rings. The Kier molecular flexibility index (Phi) is 6.38. The maximum absolute atomic E-state index is 12.7. The van der Waals surface area contributed by atoms with Gasteiger partial charge in [-0.25, -0.2) is 0 Å². The third-order valence-corrected chi connectivity index (χ3v) is 6.51. The number of hydrogen-bond donors (Lipinski definition) is 1. The first-order valence-electron chi connectivity index (χ1n) is 10.4. The van der Waals surface area contributed by atoms with E-state index in [4.69, 9.17) is 0 Å². The number of carbonyl (C=O) groups is 1. The van der Waals surface area contributed by atoms with Crippen molar-refractivity contribution in [2.24, 2.45) is 7.05 Å². The summed E-state index contributed by atoms with van der Waals surface area (Å²) in [5.74, 6) is 0.744. The second-order valence-electron chi connectivity index (χ2n) is 7.58. The first-order chi connectivity index (χ1) is 14.6. The molecular weight excluding hydrogens is 394 g/mol. The number of carbonyl (C=O) groups excluding carboxylic acids is 1. The van der Waals surface area contributed by atoms with E-state index in [1.807, 2.05) is 61.0 Å². The van der Waals surface area contributed by atoms with E-state index in [1.54, 1.807) is 0 Å². The maximum Gasteiger partial charge on any atom is 0.237 e. The predicted octanol–water partition coefficient (Wildman–Crippen LogP) is 4.59. The van der Waals surface area contributed by atoms with Gasteiger partial charge in [-0.1, -0.05) is 42.1 Å². The van der Waals surface area contributed by atoms with Crippen LogP contribution >= 0.6 is 11.8 Å². The Hall–Kier alpha value is -2.80. The molecule has 3 aromatic rings. The molecule has 2 aromatic carbocycles. The first kappa shape index (κ1) is 20.5. The van der Waals surface area contributed by atoms with Gasteiger partial charge in [0.1, 0.15) is 0 Å². The number of amides is 1. The molecule has 30 heavy (non-hydrogen) atoms. The van der Waals surface area contributed by atoms with Gasteiger partial charge in [-0.15, -0.1) is 10.2 Å². The van der Waals surface area contributed by atoms with Crippen molar-refractivity contribution in [3.05, 3.63) is 54.6 Å². The van der Waals surface area contributed by atoms with Crippen molar-refractivity contribution in [3.63, 3.8) is 0 Å². The van der Waals surface area contributed by atoms with E-state index in [1.165, 1.54) is 36.7 Å². The molecule has 0 saturated carbocycles. The monoisotopic (exact) mass is 421 g/mol. The Morgan fingerprint density at radius 1 is 1.00 bits per heavy atom. The number of nitrogens with one attached hydrogen (secondary N) is 1. The summed E-state index contributed by atoms with van der Waals surface area (Å²) >= 11 is 1.41. The smallest absolute Gasteiger partial charge is 0.237 e. The molecule has 1 unspecified atom stereocenters. The van der Waals surface area contributed by atoms with Crippen molar-refractivity contribution in [2.75, 3.05) is 23.3 Å². The van der Waals surface area contributed by atoms with Crippen molar-refractivity contribution in [2.45, 2.75) is 36.6 Å². The van der Waals surface area contributed by atoms with Crippen LogP contribution in [0.2, 0.25) is 0 Å². The summed E-state index contributed by atoms with van der Waals surface area (Å²) < 4.78 is 1.93. The average molecular weight is 422 g/mol. The van der Waals surface area contributed by atoms with E-state index >= 15 is 0 Å². The minimum Gasteiger partial charge on any atom is -0.372 e. The highest BCUT2D eigenvalue weighted by molar-refractivity contribution is 8.00. The standard InChI is InChI=1S/C23H27N5OS/c1-17(30-23-26-25-21(27(23)2)18-9-5-3-6-10-18)22(29)24-19-11-13-20(14-12-19)28-15-7-4-8-16-28/h3,5-6,9-14,17H,4,7-8,15-16H2,1-2H3,(H,24,29). The second kappa shape index (κ2) is 9.34. The molecule has 1 saturated heterocycles. The molecule has 1 aliphatic rings. The van der Waals surface area contributed by atoms with Gasteiger partial charge in [-0.2, -0.15) is 0 Å².